The Kier molecular flexibility index (Phi) is 6.74. The highest BCUT2D eigenvalue weighted by molar-refractivity contribution is 7.98. The Morgan fingerprint density at radius 3 is 2.47 bits per heavy atom. The molecule has 0 saturated heterocycles. The van der Waals surface area contributed by atoms with Crippen molar-refractivity contribution in [1.29, 1.82) is 0 Å². The zero-order valence-corrected chi connectivity index (χ0v) is 20.1. The largest absolute Gasteiger partial charge is 0.464 e. The normalized spacial score (nSPS) is 17.3. The van der Waals surface area contributed by atoms with Crippen LogP contribution in [0, 0.1) is 0 Å². The highest BCUT2D eigenvalue weighted by Crippen LogP contribution is 2.31. The van der Waals surface area contributed by atoms with E-state index in [9.17, 15) is 14.4 Å². The number of methoxy groups -OCH3 is 1. The van der Waals surface area contributed by atoms with Crippen molar-refractivity contribution < 1.29 is 19.1 Å². The van der Waals surface area contributed by atoms with Crippen LogP contribution in [0.5, 0.6) is 0 Å². The summed E-state index contributed by atoms with van der Waals surface area (Å²) < 4.78 is 6.37. The second-order valence-corrected chi connectivity index (χ2v) is 9.12. The van der Waals surface area contributed by atoms with E-state index in [0.29, 0.717) is 6.54 Å². The van der Waals surface area contributed by atoms with Crippen LogP contribution >= 0.6 is 11.8 Å². The molecule has 0 unspecified atom stereocenters. The smallest absolute Gasteiger partial charge is 0.359 e. The van der Waals surface area contributed by atoms with E-state index in [1.54, 1.807) is 23.3 Å². The molecule has 3 aromatic rings. The molecular weight excluding hydrogens is 452 g/mol. The van der Waals surface area contributed by atoms with Gasteiger partial charge in [-0.2, -0.15) is 0 Å². The maximum Gasteiger partial charge on any atom is 0.359 e. The average Bonchev–Trinajstić information content (AvgIpc) is 3.29. The number of fused-ring (bicyclic) bond motifs is 1. The van der Waals surface area contributed by atoms with E-state index in [0.717, 1.165) is 16.0 Å². The average molecular weight is 479 g/mol. The van der Waals surface area contributed by atoms with Gasteiger partial charge in [-0.15, -0.1) is 11.8 Å². The van der Waals surface area contributed by atoms with Gasteiger partial charge in [0.25, 0.3) is 5.91 Å². The number of rotatable bonds is 7. The fourth-order valence-electron chi connectivity index (χ4n) is 4.06. The van der Waals surface area contributed by atoms with Crippen LogP contribution in [0.1, 0.15) is 39.0 Å². The van der Waals surface area contributed by atoms with Crippen LogP contribution in [0.25, 0.3) is 0 Å². The zero-order chi connectivity index (χ0) is 24.3. The standard InChI is InChI=1S/C25H26N4O4S/c1-25(24(32)26-13-17-7-5-4-6-8-17)15-28-16-27-20(23(31)33-2)21(28)22(30)29(25)14-18-9-11-19(34-3)12-10-18/h4-12,16H,13-15H2,1-3H3,(H,26,32)/t25-/m1/s1. The highest BCUT2D eigenvalue weighted by Gasteiger charge is 2.48. The van der Waals surface area contributed by atoms with Crippen molar-refractivity contribution >= 4 is 29.5 Å². The number of hydrogen-bond donors (Lipinski definition) is 1. The summed E-state index contributed by atoms with van der Waals surface area (Å²) in [7, 11) is 1.24. The summed E-state index contributed by atoms with van der Waals surface area (Å²) in [6, 6.07) is 17.4. The number of aromatic nitrogens is 2. The number of thioether (sulfide) groups is 1. The second-order valence-electron chi connectivity index (χ2n) is 8.24. The molecule has 4 rings (SSSR count). The van der Waals surface area contributed by atoms with Gasteiger partial charge in [0.1, 0.15) is 11.2 Å². The number of carbonyl (C=O) groups excluding carboxylic acids is 3. The maximum atomic E-state index is 13.7. The Balaban J connectivity index is 1.69. The monoisotopic (exact) mass is 478 g/mol. The third-order valence-electron chi connectivity index (χ3n) is 6.02. The quantitative estimate of drug-likeness (QED) is 0.414. The van der Waals surface area contributed by atoms with Crippen molar-refractivity contribution in [1.82, 2.24) is 19.8 Å². The Morgan fingerprint density at radius 2 is 1.82 bits per heavy atom. The van der Waals surface area contributed by atoms with Gasteiger partial charge < -0.3 is 19.5 Å². The lowest BCUT2D eigenvalue weighted by atomic mass is 9.93. The molecule has 34 heavy (non-hydrogen) atoms. The van der Waals surface area contributed by atoms with E-state index in [1.165, 1.54) is 18.3 Å². The van der Waals surface area contributed by atoms with Crippen LogP contribution in [-0.2, 0) is 29.2 Å². The van der Waals surface area contributed by atoms with Crippen molar-refractivity contribution in [2.45, 2.75) is 37.0 Å². The first-order valence-electron chi connectivity index (χ1n) is 10.8. The fraction of sp³-hybridized carbons (Fsp3) is 0.280. The number of hydrogen-bond acceptors (Lipinski definition) is 6. The summed E-state index contributed by atoms with van der Waals surface area (Å²) in [5.74, 6) is -1.43. The number of imidazole rings is 1. The lowest BCUT2D eigenvalue weighted by Crippen LogP contribution is -2.63. The van der Waals surface area contributed by atoms with Gasteiger partial charge in [-0.05, 0) is 36.4 Å². The summed E-state index contributed by atoms with van der Waals surface area (Å²) in [5.41, 5.74) is 0.700. The van der Waals surface area contributed by atoms with E-state index in [1.807, 2.05) is 60.9 Å². The Bertz CT molecular complexity index is 1210. The van der Waals surface area contributed by atoms with E-state index in [2.05, 4.69) is 10.3 Å². The van der Waals surface area contributed by atoms with E-state index in [-0.39, 0.29) is 30.4 Å². The van der Waals surface area contributed by atoms with Crippen LogP contribution in [-0.4, -0.2) is 51.1 Å². The van der Waals surface area contributed by atoms with Crippen LogP contribution in [0.15, 0.2) is 65.8 Å². The molecule has 0 radical (unpaired) electrons. The number of carbonyl (C=O) groups is 3. The summed E-state index contributed by atoms with van der Waals surface area (Å²) in [5, 5.41) is 2.97. The van der Waals surface area contributed by atoms with Crippen molar-refractivity contribution in [2.75, 3.05) is 13.4 Å². The minimum absolute atomic E-state index is 0.0537. The number of amides is 2. The molecule has 2 amide bonds. The number of nitrogens with one attached hydrogen (secondary N) is 1. The van der Waals surface area contributed by atoms with Gasteiger partial charge in [0, 0.05) is 18.0 Å². The predicted octanol–water partition coefficient (Wildman–Crippen LogP) is 3.12. The van der Waals surface area contributed by atoms with E-state index >= 15 is 0 Å². The van der Waals surface area contributed by atoms with Crippen molar-refractivity contribution in [3.8, 4) is 0 Å². The van der Waals surface area contributed by atoms with Crippen molar-refractivity contribution in [3.05, 3.63) is 83.4 Å². The SMILES string of the molecule is COC(=O)c1ncn2c1C(=O)N(Cc1ccc(SC)cc1)[C@@](C)(C(=O)NCc1ccccc1)C2. The molecule has 9 heteroatoms. The number of ether oxygens (including phenoxy) is 1. The number of nitrogens with zero attached hydrogens (tertiary/aromatic N) is 3. The Labute approximate surface area is 202 Å². The molecule has 0 fully saturated rings. The molecule has 1 aromatic heterocycles. The lowest BCUT2D eigenvalue weighted by Gasteiger charge is -2.43. The topological polar surface area (TPSA) is 93.5 Å². The lowest BCUT2D eigenvalue weighted by molar-refractivity contribution is -0.133. The molecule has 0 saturated carbocycles. The summed E-state index contributed by atoms with van der Waals surface area (Å²) in [6.45, 7) is 2.43. The summed E-state index contributed by atoms with van der Waals surface area (Å²) in [4.78, 5) is 46.2. The first-order chi connectivity index (χ1) is 16.4. The second kappa shape index (κ2) is 9.72. The van der Waals surface area contributed by atoms with E-state index in [4.69, 9.17) is 4.74 Å². The minimum atomic E-state index is -1.20. The molecule has 1 atom stereocenters. The molecule has 0 spiro atoms. The van der Waals surface area contributed by atoms with Crippen LogP contribution in [0.3, 0.4) is 0 Å². The highest BCUT2D eigenvalue weighted by atomic mass is 32.2. The third kappa shape index (κ3) is 4.43. The van der Waals surface area contributed by atoms with Crippen LogP contribution in [0.2, 0.25) is 0 Å². The molecular formula is C25H26N4O4S. The maximum absolute atomic E-state index is 13.7. The Morgan fingerprint density at radius 1 is 1.12 bits per heavy atom. The molecule has 0 bridgehead atoms. The van der Waals surface area contributed by atoms with Gasteiger partial charge in [0.15, 0.2) is 5.69 Å². The molecule has 2 aromatic carbocycles. The molecule has 2 heterocycles. The predicted molar refractivity (Wildman–Crippen MR) is 128 cm³/mol. The van der Waals surface area contributed by atoms with Gasteiger partial charge in [0.2, 0.25) is 5.91 Å². The molecule has 1 N–H and O–H groups in total. The first kappa shape index (κ1) is 23.6. The Hall–Kier alpha value is -3.59. The van der Waals surface area contributed by atoms with Gasteiger partial charge in [-0.25, -0.2) is 9.78 Å². The van der Waals surface area contributed by atoms with Gasteiger partial charge in [-0.3, -0.25) is 9.59 Å². The van der Waals surface area contributed by atoms with Gasteiger partial charge in [-0.1, -0.05) is 42.5 Å². The van der Waals surface area contributed by atoms with Gasteiger partial charge >= 0.3 is 5.97 Å². The molecule has 8 nitrogen and oxygen atoms in total. The van der Waals surface area contributed by atoms with Crippen LogP contribution in [0.4, 0.5) is 0 Å². The third-order valence-corrected chi connectivity index (χ3v) is 6.77. The molecule has 0 aliphatic carbocycles. The molecule has 1 aliphatic rings. The first-order valence-corrected chi connectivity index (χ1v) is 12.0. The molecule has 1 aliphatic heterocycles. The van der Waals surface area contributed by atoms with Gasteiger partial charge in [0.05, 0.1) is 20.0 Å². The number of esters is 1. The molecule has 176 valence electrons. The number of benzene rings is 2. The van der Waals surface area contributed by atoms with Crippen molar-refractivity contribution in [3.63, 3.8) is 0 Å². The van der Waals surface area contributed by atoms with Crippen LogP contribution < -0.4 is 5.32 Å². The van der Waals surface area contributed by atoms with Crippen molar-refractivity contribution in [2.24, 2.45) is 0 Å². The summed E-state index contributed by atoms with van der Waals surface area (Å²) >= 11 is 1.63. The minimum Gasteiger partial charge on any atom is -0.464 e. The van der Waals surface area contributed by atoms with E-state index < -0.39 is 17.4 Å². The summed E-state index contributed by atoms with van der Waals surface area (Å²) in [6.07, 6.45) is 3.40. The zero-order valence-electron chi connectivity index (χ0n) is 19.3. The fourth-order valence-corrected chi connectivity index (χ4v) is 4.47.